The summed E-state index contributed by atoms with van der Waals surface area (Å²) in [5, 5.41) is 58.4. The minimum Gasteiger partial charge on any atom is -0.389 e. The van der Waals surface area contributed by atoms with Crippen LogP contribution in [0.5, 0.6) is 0 Å². The van der Waals surface area contributed by atoms with E-state index in [0.717, 1.165) is 226 Å². The van der Waals surface area contributed by atoms with E-state index in [1.165, 1.54) is 86.3 Å². The molecule has 8 aliphatic rings. The van der Waals surface area contributed by atoms with Gasteiger partial charge in [-0.1, -0.05) is 97.1 Å². The maximum Gasteiger partial charge on any atom is 0.219 e. The van der Waals surface area contributed by atoms with Crippen LogP contribution in [0.1, 0.15) is 162 Å². The molecule has 6 N–H and O–H groups in total. The first-order valence-electron chi connectivity index (χ1n) is 44.1. The van der Waals surface area contributed by atoms with Crippen LogP contribution in [0.4, 0.5) is 50.4 Å². The summed E-state index contributed by atoms with van der Waals surface area (Å²) in [6, 6.07) is 55.4. The van der Waals surface area contributed by atoms with Gasteiger partial charge in [-0.2, -0.15) is 25.5 Å². The van der Waals surface area contributed by atoms with Crippen molar-refractivity contribution in [1.29, 1.82) is 0 Å². The number of carbonyl (C=O) groups is 4. The quantitative estimate of drug-likeness (QED) is 0.0369. The van der Waals surface area contributed by atoms with Crippen molar-refractivity contribution in [3.63, 3.8) is 0 Å². The largest absolute Gasteiger partial charge is 0.389 e. The molecule has 25 heteroatoms. The lowest BCUT2D eigenvalue weighted by Crippen LogP contribution is -2.34. The Labute approximate surface area is 724 Å². The molecule has 1 unspecified atom stereocenters. The number of nitrogens with one attached hydrogen (secondary N) is 4. The maximum atomic E-state index is 13.6. The molecule has 20 rings (SSSR count). The fourth-order valence-electron chi connectivity index (χ4n) is 17.2. The monoisotopic (exact) mass is 1670 g/mol. The fraction of sp³-hybridized carbons (Fsp3) is 0.384. The van der Waals surface area contributed by atoms with Crippen molar-refractivity contribution < 1.29 is 33.8 Å². The molecule has 4 aliphatic carbocycles. The molecule has 0 radical (unpaired) electrons. The Morgan fingerprint density at radius 3 is 0.992 bits per heavy atom. The lowest BCUT2D eigenvalue weighted by Gasteiger charge is -2.26. The molecule has 4 amide bonds. The number of aliphatic hydroxyl groups is 2. The zero-order valence-electron chi connectivity index (χ0n) is 72.3. The minimum absolute atomic E-state index is 0.0923. The number of aliphatic hydroxyl groups excluding tert-OH is 1. The van der Waals surface area contributed by atoms with Gasteiger partial charge in [-0.25, -0.2) is 4.39 Å². The molecule has 7 aromatic carbocycles. The molecular weight excluding hydrogens is 1560 g/mol. The maximum absolute atomic E-state index is 13.6. The third-order valence-electron chi connectivity index (χ3n) is 25.1. The van der Waals surface area contributed by atoms with Crippen molar-refractivity contribution in [2.45, 2.75) is 190 Å². The summed E-state index contributed by atoms with van der Waals surface area (Å²) in [6.45, 7) is 21.2. The number of benzene rings is 7. The Hall–Kier alpha value is -12.5. The molecule has 4 fully saturated rings. The van der Waals surface area contributed by atoms with Gasteiger partial charge in [0.05, 0.1) is 44.1 Å². The Morgan fingerprint density at radius 1 is 0.411 bits per heavy atom. The Kier molecular flexibility index (Phi) is 24.4. The second kappa shape index (κ2) is 36.1. The van der Waals surface area contributed by atoms with Crippen LogP contribution in [0.2, 0.25) is 0 Å². The predicted octanol–water partition coefficient (Wildman–Crippen LogP) is 17.6. The molecule has 1 atom stereocenters. The molecule has 0 saturated heterocycles. The molecule has 5 aromatic heterocycles. The summed E-state index contributed by atoms with van der Waals surface area (Å²) >= 11 is 0. The molecule has 12 aromatic rings. The van der Waals surface area contributed by atoms with Crippen molar-refractivity contribution in [3.05, 3.63) is 244 Å². The number of fused-ring (bicyclic) bond motifs is 4. The van der Waals surface area contributed by atoms with E-state index in [2.05, 4.69) is 99.7 Å². The molecular formula is C99H113FN18O6. The number of rotatable bonds is 22. The van der Waals surface area contributed by atoms with E-state index in [9.17, 15) is 33.8 Å². The zero-order chi connectivity index (χ0) is 86.0. The first-order chi connectivity index (χ1) is 59.9. The molecule has 9 heterocycles. The van der Waals surface area contributed by atoms with E-state index >= 15 is 0 Å². The van der Waals surface area contributed by atoms with Crippen LogP contribution in [0.25, 0.3) is 44.5 Å². The van der Waals surface area contributed by atoms with Gasteiger partial charge in [0.15, 0.2) is 23.3 Å². The second-order valence-electron chi connectivity index (χ2n) is 35.5. The van der Waals surface area contributed by atoms with E-state index in [1.54, 1.807) is 54.5 Å². The van der Waals surface area contributed by atoms with E-state index < -0.39 is 11.7 Å². The van der Waals surface area contributed by atoms with Crippen LogP contribution in [0.15, 0.2) is 182 Å². The zero-order valence-corrected chi connectivity index (χ0v) is 72.3. The summed E-state index contributed by atoms with van der Waals surface area (Å²) < 4.78 is 24.1. The summed E-state index contributed by atoms with van der Waals surface area (Å²) in [6.07, 6.45) is 17.0. The van der Waals surface area contributed by atoms with Gasteiger partial charge < -0.3 is 51.1 Å². The van der Waals surface area contributed by atoms with E-state index in [4.69, 9.17) is 20.4 Å². The summed E-state index contributed by atoms with van der Waals surface area (Å²) in [5.41, 5.74) is 22.5. The van der Waals surface area contributed by atoms with E-state index in [0.29, 0.717) is 26.2 Å². The third kappa shape index (κ3) is 20.2. The number of anilines is 8. The van der Waals surface area contributed by atoms with Gasteiger partial charge in [-0.05, 0) is 219 Å². The number of nitrogens with zero attached hydrogens (tertiary/aromatic N) is 14. The van der Waals surface area contributed by atoms with Crippen LogP contribution in [-0.2, 0) is 110 Å². The van der Waals surface area contributed by atoms with Gasteiger partial charge in [0.25, 0.3) is 0 Å². The number of aryl methyl sites for hydroxylation is 1. The molecule has 4 saturated carbocycles. The second-order valence-corrected chi connectivity index (χ2v) is 35.5. The van der Waals surface area contributed by atoms with Crippen LogP contribution in [0.3, 0.4) is 0 Å². The van der Waals surface area contributed by atoms with Crippen molar-refractivity contribution in [2.24, 2.45) is 30.7 Å². The van der Waals surface area contributed by atoms with Gasteiger partial charge in [0.2, 0.25) is 23.6 Å². The van der Waals surface area contributed by atoms with Crippen LogP contribution in [0, 0.1) is 29.5 Å². The fourth-order valence-corrected chi connectivity index (χ4v) is 17.2. The first-order valence-corrected chi connectivity index (χ1v) is 44.1. The normalized spacial score (nSPS) is 16.1. The SMILES string of the molecule is CC(=O)N1CCc2c(c(Nc3cccc(-c4cccc(C(C)(C)O)c4)c3)nn2CC2CC2)C1.CC(=O)N1CCc2c(c(Nc3cccc(-c4cccc(C(C)O)c4)c3)nn2CC2CC2)C1.CC(=O)N1CCc2c(c(Nc3cccc(-c4cccc(F)c4)c3)nn2CC2CC2)C1.CC(=O)N1CCc2c(c(Nc3cccc(-c4cnn(C)c4)c3)nn2CC2CC2)C1. The average molecular weight is 1670 g/mol. The molecule has 24 nitrogen and oxygen atoms in total. The average Bonchev–Trinajstić information content (AvgIpc) is 1.64. The summed E-state index contributed by atoms with van der Waals surface area (Å²) in [7, 11) is 1.92. The van der Waals surface area contributed by atoms with Gasteiger partial charge >= 0.3 is 0 Å². The van der Waals surface area contributed by atoms with Gasteiger partial charge in [0.1, 0.15) is 5.82 Å². The van der Waals surface area contributed by atoms with E-state index in [-0.39, 0.29) is 29.4 Å². The van der Waals surface area contributed by atoms with Gasteiger partial charge in [0, 0.05) is 192 Å². The number of hydrogen-bond donors (Lipinski definition) is 6. The highest BCUT2D eigenvalue weighted by molar-refractivity contribution is 5.80. The van der Waals surface area contributed by atoms with Crippen LogP contribution in [-0.4, -0.2) is 129 Å². The van der Waals surface area contributed by atoms with Crippen LogP contribution < -0.4 is 21.3 Å². The molecule has 0 bridgehead atoms. The molecule has 0 spiro atoms. The van der Waals surface area contributed by atoms with Crippen molar-refractivity contribution in [1.82, 2.24) is 68.5 Å². The predicted molar refractivity (Wildman–Crippen MR) is 482 cm³/mol. The number of amides is 4. The first kappa shape index (κ1) is 83.8. The number of halogens is 1. The Balaban J connectivity index is 0.000000117. The number of aromatic nitrogens is 10. The van der Waals surface area contributed by atoms with Crippen molar-refractivity contribution >= 4 is 69.6 Å². The summed E-state index contributed by atoms with van der Waals surface area (Å²) in [5.74, 6) is 6.51. The smallest absolute Gasteiger partial charge is 0.219 e. The summed E-state index contributed by atoms with van der Waals surface area (Å²) in [4.78, 5) is 55.5. The number of hydrogen-bond acceptors (Lipinski definition) is 15. The lowest BCUT2D eigenvalue weighted by atomic mass is 9.94. The molecule has 4 aliphatic heterocycles. The lowest BCUT2D eigenvalue weighted by molar-refractivity contribution is -0.130. The standard InChI is InChI=1S/C27H32N4O2.C26H30N4O2.C24H25FN4O.C22H26N6O/c1-18(32)30-13-12-25-24(17-30)26(29-31(25)16-19-10-11-19)28-23-9-5-7-21(15-23)20-6-4-8-22(14-20)27(2,3)33;1-17(31)20-5-3-6-21(13-20)22-7-4-8-23(14-22)27-26-24-16-29(18(2)32)12-11-25(24)30(28-26)15-19-9-10-19;1-16(30)28-11-10-23-22(15-28)24(27-29(23)14-17-8-9-17)26-21-7-3-5-19(13-21)18-4-2-6-20(25)12-18;1-15(29)27-9-8-21-20(14-27)22(25-28(21)12-16-6-7-16)24-19-5-3-4-17(10-19)18-11-23-26(2)13-18/h4-9,14-15,19,33H,10-13,16-17H2,1-3H3,(H,28,29);3-8,13-14,17,19,31H,9-12,15-16H2,1-2H3,(H,27,28);2-7,12-13,17H,8-11,14-15H2,1H3,(H,26,27);3-5,10-11,13,16H,6-9,12,14H2,1-2H3,(H,24,25). The van der Waals surface area contributed by atoms with E-state index in [1.807, 2.05) is 141 Å². The molecule has 124 heavy (non-hydrogen) atoms. The highest BCUT2D eigenvalue weighted by atomic mass is 19.1. The molecule has 642 valence electrons. The van der Waals surface area contributed by atoms with Gasteiger partial charge in [-0.3, -0.25) is 42.6 Å². The Bertz CT molecular complexity index is 5930. The van der Waals surface area contributed by atoms with Crippen molar-refractivity contribution in [3.8, 4) is 44.5 Å². The Morgan fingerprint density at radius 2 is 0.702 bits per heavy atom. The number of carbonyl (C=O) groups excluding carboxylic acids is 4. The topological polar surface area (TPSA) is 259 Å². The highest BCUT2D eigenvalue weighted by Crippen LogP contribution is 2.42. The van der Waals surface area contributed by atoms with Crippen molar-refractivity contribution in [2.75, 3.05) is 47.4 Å². The van der Waals surface area contributed by atoms with Gasteiger partial charge in [-0.15, -0.1) is 0 Å². The van der Waals surface area contributed by atoms with Crippen LogP contribution >= 0.6 is 0 Å². The highest BCUT2D eigenvalue weighted by Gasteiger charge is 2.36. The minimum atomic E-state index is -0.887. The third-order valence-corrected chi connectivity index (χ3v) is 25.1.